The molecule has 1 aromatic heterocycles. The van der Waals surface area contributed by atoms with Crippen molar-refractivity contribution in [3.05, 3.63) is 17.5 Å². The molecule has 1 N–H and O–H groups in total. The van der Waals surface area contributed by atoms with Crippen LogP contribution in [0.5, 0.6) is 0 Å². The maximum absolute atomic E-state index is 12.3. The van der Waals surface area contributed by atoms with Crippen LogP contribution in [0, 0.1) is 5.92 Å². The zero-order valence-electron chi connectivity index (χ0n) is 13.9. The quantitative estimate of drug-likeness (QED) is 0.899. The molecule has 2 rings (SSSR count). The Morgan fingerprint density at radius 1 is 1.27 bits per heavy atom. The highest BCUT2D eigenvalue weighted by Crippen LogP contribution is 2.18. The first-order chi connectivity index (χ1) is 10.5. The molecule has 0 bridgehead atoms. The Bertz CT molecular complexity index is 511. The lowest BCUT2D eigenvalue weighted by molar-refractivity contribution is 0.0943. The average molecular weight is 306 g/mol. The highest BCUT2D eigenvalue weighted by atomic mass is 16.5. The van der Waals surface area contributed by atoms with E-state index in [1.54, 1.807) is 6.07 Å². The smallest absolute Gasteiger partial charge is 0.270 e. The zero-order chi connectivity index (χ0) is 16.1. The third kappa shape index (κ3) is 4.40. The van der Waals surface area contributed by atoms with E-state index in [4.69, 9.17) is 4.74 Å². The van der Waals surface area contributed by atoms with E-state index in [-0.39, 0.29) is 11.8 Å². The van der Waals surface area contributed by atoms with E-state index >= 15 is 0 Å². The topological polar surface area (TPSA) is 67.4 Å². The van der Waals surface area contributed by atoms with Gasteiger partial charge in [0.25, 0.3) is 5.91 Å². The number of carbonyl (C=O) groups excluding carboxylic acids is 1. The van der Waals surface area contributed by atoms with Crippen LogP contribution < -0.4 is 10.2 Å². The van der Waals surface area contributed by atoms with Gasteiger partial charge in [-0.1, -0.05) is 27.7 Å². The van der Waals surface area contributed by atoms with Crippen LogP contribution in [0.3, 0.4) is 0 Å². The molecule has 2 heterocycles. The minimum atomic E-state index is -0.132. The van der Waals surface area contributed by atoms with Crippen LogP contribution in [0.4, 0.5) is 5.95 Å². The highest BCUT2D eigenvalue weighted by molar-refractivity contribution is 5.92. The molecule has 1 saturated heterocycles. The first-order valence-corrected chi connectivity index (χ1v) is 7.97. The molecule has 0 atom stereocenters. The van der Waals surface area contributed by atoms with Crippen molar-refractivity contribution in [2.75, 3.05) is 37.7 Å². The van der Waals surface area contributed by atoms with Gasteiger partial charge in [-0.3, -0.25) is 4.79 Å². The third-order valence-electron chi connectivity index (χ3n) is 3.52. The molecule has 1 aromatic rings. The van der Waals surface area contributed by atoms with Crippen molar-refractivity contribution in [2.24, 2.45) is 5.92 Å². The van der Waals surface area contributed by atoms with Gasteiger partial charge >= 0.3 is 0 Å². The van der Waals surface area contributed by atoms with Crippen molar-refractivity contribution >= 4 is 11.9 Å². The van der Waals surface area contributed by atoms with Gasteiger partial charge in [-0.05, 0) is 17.9 Å². The molecular weight excluding hydrogens is 280 g/mol. The van der Waals surface area contributed by atoms with E-state index in [0.29, 0.717) is 37.3 Å². The number of aromatic nitrogens is 2. The molecule has 0 aromatic carbocycles. The van der Waals surface area contributed by atoms with Gasteiger partial charge in [0, 0.05) is 25.3 Å². The lowest BCUT2D eigenvalue weighted by Crippen LogP contribution is -2.38. The van der Waals surface area contributed by atoms with Crippen LogP contribution in [0.1, 0.15) is 49.8 Å². The Hall–Kier alpha value is -1.69. The van der Waals surface area contributed by atoms with E-state index in [0.717, 1.165) is 18.8 Å². The van der Waals surface area contributed by atoms with Gasteiger partial charge in [0.15, 0.2) is 0 Å². The van der Waals surface area contributed by atoms with Gasteiger partial charge < -0.3 is 15.0 Å². The Labute approximate surface area is 132 Å². The van der Waals surface area contributed by atoms with E-state index in [9.17, 15) is 4.79 Å². The second-order valence-electron chi connectivity index (χ2n) is 6.34. The molecule has 0 aliphatic carbocycles. The minimum absolute atomic E-state index is 0.132. The van der Waals surface area contributed by atoms with Crippen LogP contribution in [0.2, 0.25) is 0 Å². The Morgan fingerprint density at radius 2 is 1.95 bits per heavy atom. The van der Waals surface area contributed by atoms with Crippen LogP contribution >= 0.6 is 0 Å². The molecule has 1 amide bonds. The van der Waals surface area contributed by atoms with E-state index < -0.39 is 0 Å². The number of hydrogen-bond donors (Lipinski definition) is 1. The van der Waals surface area contributed by atoms with Gasteiger partial charge in [-0.25, -0.2) is 9.97 Å². The molecule has 0 spiro atoms. The number of hydrogen-bond acceptors (Lipinski definition) is 5. The van der Waals surface area contributed by atoms with Gasteiger partial charge in [0.05, 0.1) is 13.2 Å². The average Bonchev–Trinajstić information content (AvgIpc) is 2.52. The SMILES string of the molecule is CC(C)CNC(=O)c1cc(C(C)C)nc(N2CCOCC2)n1. The summed E-state index contributed by atoms with van der Waals surface area (Å²) in [6, 6.07) is 1.80. The van der Waals surface area contributed by atoms with Crippen molar-refractivity contribution in [3.8, 4) is 0 Å². The number of anilines is 1. The van der Waals surface area contributed by atoms with Crippen molar-refractivity contribution in [2.45, 2.75) is 33.6 Å². The number of carbonyl (C=O) groups is 1. The molecule has 1 fully saturated rings. The summed E-state index contributed by atoms with van der Waals surface area (Å²) in [4.78, 5) is 23.5. The summed E-state index contributed by atoms with van der Waals surface area (Å²) in [7, 11) is 0. The predicted molar refractivity (Wildman–Crippen MR) is 86.3 cm³/mol. The number of rotatable bonds is 5. The number of ether oxygens (including phenoxy) is 1. The van der Waals surface area contributed by atoms with Crippen LogP contribution in [-0.4, -0.2) is 48.7 Å². The first-order valence-electron chi connectivity index (χ1n) is 7.97. The molecule has 1 aliphatic heterocycles. The summed E-state index contributed by atoms with van der Waals surface area (Å²) in [5, 5.41) is 2.92. The standard InChI is InChI=1S/C16H26N4O2/c1-11(2)10-17-15(21)14-9-13(12(3)4)18-16(19-14)20-5-7-22-8-6-20/h9,11-12H,5-8,10H2,1-4H3,(H,17,21). The van der Waals surface area contributed by atoms with Crippen molar-refractivity contribution in [3.63, 3.8) is 0 Å². The fraction of sp³-hybridized carbons (Fsp3) is 0.688. The molecule has 122 valence electrons. The van der Waals surface area contributed by atoms with Crippen LogP contribution in [0.15, 0.2) is 6.07 Å². The summed E-state index contributed by atoms with van der Waals surface area (Å²) in [6.07, 6.45) is 0. The lowest BCUT2D eigenvalue weighted by atomic mass is 10.1. The predicted octanol–water partition coefficient (Wildman–Crippen LogP) is 1.82. The maximum atomic E-state index is 12.3. The normalized spacial score (nSPS) is 15.5. The second-order valence-corrected chi connectivity index (χ2v) is 6.34. The molecule has 22 heavy (non-hydrogen) atoms. The largest absolute Gasteiger partial charge is 0.378 e. The molecule has 6 nitrogen and oxygen atoms in total. The molecule has 6 heteroatoms. The van der Waals surface area contributed by atoms with Crippen LogP contribution in [0.25, 0.3) is 0 Å². The molecule has 0 saturated carbocycles. The number of nitrogens with one attached hydrogen (secondary N) is 1. The number of nitrogens with zero attached hydrogens (tertiary/aromatic N) is 3. The van der Waals surface area contributed by atoms with E-state index in [1.165, 1.54) is 0 Å². The van der Waals surface area contributed by atoms with Gasteiger partial charge in [-0.2, -0.15) is 0 Å². The van der Waals surface area contributed by atoms with Gasteiger partial charge in [0.1, 0.15) is 5.69 Å². The molecule has 1 aliphatic rings. The summed E-state index contributed by atoms with van der Waals surface area (Å²) in [6.45, 7) is 11.8. The van der Waals surface area contributed by atoms with Crippen molar-refractivity contribution in [1.82, 2.24) is 15.3 Å². The summed E-state index contributed by atoms with van der Waals surface area (Å²) in [5.41, 5.74) is 1.34. The van der Waals surface area contributed by atoms with Crippen molar-refractivity contribution < 1.29 is 9.53 Å². The van der Waals surface area contributed by atoms with E-state index in [2.05, 4.69) is 47.9 Å². The summed E-state index contributed by atoms with van der Waals surface area (Å²) >= 11 is 0. The van der Waals surface area contributed by atoms with Crippen LogP contribution in [-0.2, 0) is 4.74 Å². The van der Waals surface area contributed by atoms with E-state index in [1.807, 2.05) is 0 Å². The monoisotopic (exact) mass is 306 g/mol. The third-order valence-corrected chi connectivity index (χ3v) is 3.52. The molecule has 0 radical (unpaired) electrons. The molecular formula is C16H26N4O2. The number of morpholine rings is 1. The first kappa shape index (κ1) is 16.7. The fourth-order valence-corrected chi connectivity index (χ4v) is 2.16. The Morgan fingerprint density at radius 3 is 2.55 bits per heavy atom. The Balaban J connectivity index is 2.24. The number of amides is 1. The Kier molecular flexibility index (Phi) is 5.71. The summed E-state index contributed by atoms with van der Waals surface area (Å²) < 4.78 is 5.36. The maximum Gasteiger partial charge on any atom is 0.270 e. The summed E-state index contributed by atoms with van der Waals surface area (Å²) in [5.74, 6) is 1.16. The fourth-order valence-electron chi connectivity index (χ4n) is 2.16. The zero-order valence-corrected chi connectivity index (χ0v) is 13.9. The molecule has 0 unspecified atom stereocenters. The van der Waals surface area contributed by atoms with Gasteiger partial charge in [-0.15, -0.1) is 0 Å². The second kappa shape index (κ2) is 7.54. The van der Waals surface area contributed by atoms with Crippen molar-refractivity contribution in [1.29, 1.82) is 0 Å². The highest BCUT2D eigenvalue weighted by Gasteiger charge is 2.19. The minimum Gasteiger partial charge on any atom is -0.378 e. The van der Waals surface area contributed by atoms with Gasteiger partial charge in [0.2, 0.25) is 5.95 Å². The lowest BCUT2D eigenvalue weighted by Gasteiger charge is -2.27.